The topological polar surface area (TPSA) is 41.1 Å². The molecule has 0 fully saturated rings. The summed E-state index contributed by atoms with van der Waals surface area (Å²) < 4.78 is 2.04. The predicted molar refractivity (Wildman–Crippen MR) is 97.6 cm³/mol. The van der Waals surface area contributed by atoms with Gasteiger partial charge >= 0.3 is 6.03 Å². The van der Waals surface area contributed by atoms with Crippen molar-refractivity contribution in [1.29, 1.82) is 0 Å². The van der Waals surface area contributed by atoms with Crippen molar-refractivity contribution in [2.75, 3.05) is 6.54 Å². The number of carbonyl (C=O) groups excluding carboxylic acids is 1. The van der Waals surface area contributed by atoms with E-state index in [4.69, 9.17) is 0 Å². The standard InChI is InChI=1S/C17H16Br2N2O/c18-15-6-3-4-13(12-15)8-10-20-17(22)21-11-9-14-5-1-2-7-16(14)19/h1-7,9,11-12H,8,10H2,(H2,20,21,22)/b11-9+. The molecule has 0 heterocycles. The number of amides is 2. The van der Waals surface area contributed by atoms with Crippen LogP contribution in [0.1, 0.15) is 11.1 Å². The van der Waals surface area contributed by atoms with Gasteiger partial charge in [-0.05, 0) is 41.8 Å². The second-order valence-corrected chi connectivity index (χ2v) is 6.41. The summed E-state index contributed by atoms with van der Waals surface area (Å²) in [6.45, 7) is 0.588. The molecular weight excluding hydrogens is 408 g/mol. The number of hydrogen-bond donors (Lipinski definition) is 2. The third-order valence-electron chi connectivity index (χ3n) is 2.97. The Morgan fingerprint density at radius 3 is 2.68 bits per heavy atom. The molecule has 2 aromatic carbocycles. The Kier molecular flexibility index (Phi) is 6.68. The lowest BCUT2D eigenvalue weighted by atomic mass is 10.1. The summed E-state index contributed by atoms with van der Waals surface area (Å²) in [5.41, 5.74) is 2.19. The van der Waals surface area contributed by atoms with Crippen LogP contribution in [0.25, 0.3) is 6.08 Å². The highest BCUT2D eigenvalue weighted by molar-refractivity contribution is 9.10. The maximum Gasteiger partial charge on any atom is 0.318 e. The molecule has 0 aliphatic carbocycles. The molecule has 2 N–H and O–H groups in total. The third-order valence-corrected chi connectivity index (χ3v) is 4.19. The van der Waals surface area contributed by atoms with Crippen LogP contribution in [0.15, 0.2) is 63.7 Å². The van der Waals surface area contributed by atoms with E-state index in [9.17, 15) is 4.79 Å². The molecule has 0 unspecified atom stereocenters. The molecule has 0 saturated carbocycles. The summed E-state index contributed by atoms with van der Waals surface area (Å²) in [6.07, 6.45) is 4.27. The SMILES string of the molecule is O=C(N/C=C/c1ccccc1Br)NCCc1cccc(Br)c1. The Morgan fingerprint density at radius 1 is 1.09 bits per heavy atom. The molecule has 2 aromatic rings. The van der Waals surface area contributed by atoms with Gasteiger partial charge in [-0.1, -0.05) is 62.2 Å². The van der Waals surface area contributed by atoms with Gasteiger partial charge in [0.25, 0.3) is 0 Å². The molecule has 2 amide bonds. The monoisotopic (exact) mass is 422 g/mol. The van der Waals surface area contributed by atoms with Crippen LogP contribution < -0.4 is 10.6 Å². The molecule has 3 nitrogen and oxygen atoms in total. The number of urea groups is 1. The van der Waals surface area contributed by atoms with Crippen LogP contribution in [0.5, 0.6) is 0 Å². The van der Waals surface area contributed by atoms with E-state index in [1.165, 1.54) is 5.56 Å². The lowest BCUT2D eigenvalue weighted by molar-refractivity contribution is 0.244. The average Bonchev–Trinajstić information content (AvgIpc) is 2.49. The van der Waals surface area contributed by atoms with Gasteiger partial charge in [-0.25, -0.2) is 4.79 Å². The maximum atomic E-state index is 11.7. The zero-order chi connectivity index (χ0) is 15.8. The molecule has 0 aromatic heterocycles. The fourth-order valence-corrected chi connectivity index (χ4v) is 2.74. The van der Waals surface area contributed by atoms with Gasteiger partial charge in [0.1, 0.15) is 0 Å². The Balaban J connectivity index is 1.73. The van der Waals surface area contributed by atoms with Gasteiger partial charge in [-0.15, -0.1) is 0 Å². The summed E-state index contributed by atoms with van der Waals surface area (Å²) in [6, 6.07) is 15.7. The van der Waals surface area contributed by atoms with Crippen molar-refractivity contribution in [3.63, 3.8) is 0 Å². The highest BCUT2D eigenvalue weighted by Crippen LogP contribution is 2.16. The van der Waals surface area contributed by atoms with Crippen LogP contribution in [0.4, 0.5) is 4.79 Å². The first-order valence-corrected chi connectivity index (χ1v) is 8.43. The normalized spacial score (nSPS) is 10.6. The minimum Gasteiger partial charge on any atom is -0.338 e. The quantitative estimate of drug-likeness (QED) is 0.717. The van der Waals surface area contributed by atoms with E-state index in [1.807, 2.05) is 54.6 Å². The molecule has 0 radical (unpaired) electrons. The number of hydrogen-bond acceptors (Lipinski definition) is 1. The zero-order valence-electron chi connectivity index (χ0n) is 11.9. The summed E-state index contributed by atoms with van der Waals surface area (Å²) >= 11 is 6.89. The van der Waals surface area contributed by atoms with E-state index >= 15 is 0 Å². The summed E-state index contributed by atoms with van der Waals surface area (Å²) in [7, 11) is 0. The van der Waals surface area contributed by atoms with Gasteiger partial charge in [-0.2, -0.15) is 0 Å². The van der Waals surface area contributed by atoms with E-state index in [0.29, 0.717) is 6.54 Å². The fourth-order valence-electron chi connectivity index (χ4n) is 1.88. The van der Waals surface area contributed by atoms with Crippen LogP contribution >= 0.6 is 31.9 Å². The number of nitrogens with one attached hydrogen (secondary N) is 2. The van der Waals surface area contributed by atoms with E-state index < -0.39 is 0 Å². The van der Waals surface area contributed by atoms with E-state index in [-0.39, 0.29) is 6.03 Å². The Hall–Kier alpha value is -1.59. The van der Waals surface area contributed by atoms with Crippen LogP contribution in [0.2, 0.25) is 0 Å². The molecule has 5 heteroatoms. The van der Waals surface area contributed by atoms with Gasteiger partial charge in [0, 0.05) is 21.7 Å². The molecule has 114 valence electrons. The van der Waals surface area contributed by atoms with E-state index in [1.54, 1.807) is 6.20 Å². The van der Waals surface area contributed by atoms with Gasteiger partial charge < -0.3 is 10.6 Å². The Bertz CT molecular complexity index is 671. The summed E-state index contributed by atoms with van der Waals surface area (Å²) in [5.74, 6) is 0. The van der Waals surface area contributed by atoms with Crippen molar-refractivity contribution >= 4 is 44.0 Å². The molecule has 0 atom stereocenters. The van der Waals surface area contributed by atoms with E-state index in [0.717, 1.165) is 20.9 Å². The summed E-state index contributed by atoms with van der Waals surface area (Å²) in [5, 5.41) is 5.52. The molecule has 2 rings (SSSR count). The first kappa shape index (κ1) is 16.8. The third kappa shape index (κ3) is 5.66. The van der Waals surface area contributed by atoms with Crippen LogP contribution in [0, 0.1) is 0 Å². The lowest BCUT2D eigenvalue weighted by Crippen LogP contribution is -2.33. The van der Waals surface area contributed by atoms with Crippen LogP contribution in [-0.4, -0.2) is 12.6 Å². The first-order chi connectivity index (χ1) is 10.6. The highest BCUT2D eigenvalue weighted by atomic mass is 79.9. The van der Waals surface area contributed by atoms with E-state index in [2.05, 4.69) is 42.5 Å². The molecule has 0 spiro atoms. The maximum absolute atomic E-state index is 11.7. The Labute approximate surface area is 147 Å². The van der Waals surface area contributed by atoms with Crippen molar-refractivity contribution in [1.82, 2.24) is 10.6 Å². The van der Waals surface area contributed by atoms with Gasteiger partial charge in [0.05, 0.1) is 0 Å². The van der Waals surface area contributed by atoms with Crippen molar-refractivity contribution in [2.24, 2.45) is 0 Å². The average molecular weight is 424 g/mol. The van der Waals surface area contributed by atoms with Crippen LogP contribution in [0.3, 0.4) is 0 Å². The molecular formula is C17H16Br2N2O. The molecule has 0 aliphatic rings. The van der Waals surface area contributed by atoms with Crippen LogP contribution in [-0.2, 0) is 6.42 Å². The molecule has 0 bridgehead atoms. The number of benzene rings is 2. The van der Waals surface area contributed by atoms with Crippen molar-refractivity contribution in [3.8, 4) is 0 Å². The predicted octanol–water partition coefficient (Wildman–Crippen LogP) is 4.72. The number of halogens is 2. The number of carbonyl (C=O) groups is 1. The lowest BCUT2D eigenvalue weighted by Gasteiger charge is -2.05. The zero-order valence-corrected chi connectivity index (χ0v) is 15.0. The summed E-state index contributed by atoms with van der Waals surface area (Å²) in [4.78, 5) is 11.7. The molecule has 22 heavy (non-hydrogen) atoms. The Morgan fingerprint density at radius 2 is 1.91 bits per heavy atom. The second-order valence-electron chi connectivity index (χ2n) is 4.64. The highest BCUT2D eigenvalue weighted by Gasteiger charge is 1.98. The van der Waals surface area contributed by atoms with Crippen molar-refractivity contribution in [3.05, 3.63) is 74.8 Å². The van der Waals surface area contributed by atoms with Crippen molar-refractivity contribution < 1.29 is 4.79 Å². The second kappa shape index (κ2) is 8.76. The van der Waals surface area contributed by atoms with Crippen molar-refractivity contribution in [2.45, 2.75) is 6.42 Å². The van der Waals surface area contributed by atoms with Gasteiger partial charge in [-0.3, -0.25) is 0 Å². The fraction of sp³-hybridized carbons (Fsp3) is 0.118. The largest absolute Gasteiger partial charge is 0.338 e. The minimum absolute atomic E-state index is 0.210. The molecule has 0 saturated heterocycles. The smallest absolute Gasteiger partial charge is 0.318 e. The minimum atomic E-state index is -0.210. The first-order valence-electron chi connectivity index (χ1n) is 6.85. The van der Waals surface area contributed by atoms with Gasteiger partial charge in [0.2, 0.25) is 0 Å². The van der Waals surface area contributed by atoms with Gasteiger partial charge in [0.15, 0.2) is 0 Å². The molecule has 0 aliphatic heterocycles. The number of rotatable bonds is 5.